The molecule has 0 spiro atoms. The van der Waals surface area contributed by atoms with Crippen molar-refractivity contribution in [1.29, 1.82) is 0 Å². The lowest BCUT2D eigenvalue weighted by Crippen LogP contribution is -2.45. The van der Waals surface area contributed by atoms with Gasteiger partial charge in [-0.05, 0) is 44.7 Å². The summed E-state index contributed by atoms with van der Waals surface area (Å²) in [6.45, 7) is 6.73. The van der Waals surface area contributed by atoms with Gasteiger partial charge in [-0.15, -0.1) is 0 Å². The summed E-state index contributed by atoms with van der Waals surface area (Å²) >= 11 is 0. The van der Waals surface area contributed by atoms with Gasteiger partial charge in [-0.25, -0.2) is 0 Å². The van der Waals surface area contributed by atoms with Crippen LogP contribution in [0.5, 0.6) is 0 Å². The summed E-state index contributed by atoms with van der Waals surface area (Å²) in [6.07, 6.45) is 6.40. The van der Waals surface area contributed by atoms with E-state index in [1.165, 1.54) is 36.8 Å². The van der Waals surface area contributed by atoms with E-state index in [4.69, 9.17) is 5.73 Å². The molecule has 0 amide bonds. The van der Waals surface area contributed by atoms with Crippen molar-refractivity contribution in [2.45, 2.75) is 71.0 Å². The zero-order chi connectivity index (χ0) is 15.4. The van der Waals surface area contributed by atoms with Gasteiger partial charge in [0.2, 0.25) is 0 Å². The van der Waals surface area contributed by atoms with Crippen molar-refractivity contribution in [2.75, 3.05) is 7.05 Å². The van der Waals surface area contributed by atoms with Gasteiger partial charge in [0.15, 0.2) is 0 Å². The molecule has 0 radical (unpaired) electrons. The SMILES string of the molecule is CCC(N)C(c1ccc(C)cc1)N(C)C1CCCC(C)C1. The molecule has 2 rings (SSSR count). The standard InChI is InChI=1S/C19H32N2/c1-5-18(20)19(16-11-9-14(2)10-12-16)21(4)17-8-6-7-15(3)13-17/h9-12,15,17-19H,5-8,13,20H2,1-4H3. The Kier molecular flexibility index (Phi) is 5.83. The molecule has 1 aromatic rings. The molecule has 1 aromatic carbocycles. The van der Waals surface area contributed by atoms with Crippen LogP contribution in [0.25, 0.3) is 0 Å². The molecule has 0 saturated heterocycles. The summed E-state index contributed by atoms with van der Waals surface area (Å²) < 4.78 is 0. The van der Waals surface area contributed by atoms with Gasteiger partial charge >= 0.3 is 0 Å². The van der Waals surface area contributed by atoms with Gasteiger partial charge in [-0.2, -0.15) is 0 Å². The van der Waals surface area contributed by atoms with E-state index < -0.39 is 0 Å². The second kappa shape index (κ2) is 7.42. The maximum atomic E-state index is 6.49. The quantitative estimate of drug-likeness (QED) is 0.876. The second-order valence-electron chi connectivity index (χ2n) is 7.02. The average Bonchev–Trinajstić information content (AvgIpc) is 2.49. The zero-order valence-corrected chi connectivity index (χ0v) is 14.2. The van der Waals surface area contributed by atoms with Crippen LogP contribution in [0.3, 0.4) is 0 Å². The minimum Gasteiger partial charge on any atom is -0.326 e. The summed E-state index contributed by atoms with van der Waals surface area (Å²) in [5, 5.41) is 0. The average molecular weight is 288 g/mol. The second-order valence-corrected chi connectivity index (χ2v) is 7.02. The fraction of sp³-hybridized carbons (Fsp3) is 0.684. The van der Waals surface area contributed by atoms with Gasteiger partial charge in [0.05, 0.1) is 0 Å². The number of nitrogens with zero attached hydrogens (tertiary/aromatic N) is 1. The molecule has 1 saturated carbocycles. The largest absolute Gasteiger partial charge is 0.326 e. The number of aryl methyl sites for hydroxylation is 1. The molecule has 1 fully saturated rings. The van der Waals surface area contributed by atoms with Crippen molar-refractivity contribution in [2.24, 2.45) is 11.7 Å². The molecule has 0 aliphatic heterocycles. The van der Waals surface area contributed by atoms with Crippen LogP contribution >= 0.6 is 0 Å². The van der Waals surface area contributed by atoms with Crippen LogP contribution in [0.15, 0.2) is 24.3 Å². The molecule has 1 aliphatic rings. The van der Waals surface area contributed by atoms with Crippen LogP contribution in [-0.2, 0) is 0 Å². The van der Waals surface area contributed by atoms with E-state index in [2.05, 4.69) is 57.0 Å². The van der Waals surface area contributed by atoms with Gasteiger partial charge < -0.3 is 5.73 Å². The van der Waals surface area contributed by atoms with Crippen molar-refractivity contribution in [3.63, 3.8) is 0 Å². The highest BCUT2D eigenvalue weighted by Crippen LogP contribution is 2.33. The number of likely N-dealkylation sites (N-methyl/N-ethyl adjacent to an activating group) is 1. The molecule has 21 heavy (non-hydrogen) atoms. The summed E-state index contributed by atoms with van der Waals surface area (Å²) in [5.41, 5.74) is 9.18. The topological polar surface area (TPSA) is 29.3 Å². The number of hydrogen-bond donors (Lipinski definition) is 1. The third kappa shape index (κ3) is 4.08. The van der Waals surface area contributed by atoms with Crippen LogP contribution in [0.4, 0.5) is 0 Å². The van der Waals surface area contributed by atoms with Crippen LogP contribution in [0, 0.1) is 12.8 Å². The first-order chi connectivity index (χ1) is 10.0. The Labute approximate surface area is 130 Å². The van der Waals surface area contributed by atoms with E-state index in [1.807, 2.05) is 0 Å². The van der Waals surface area contributed by atoms with Crippen molar-refractivity contribution in [3.05, 3.63) is 35.4 Å². The normalized spacial score (nSPS) is 25.8. The van der Waals surface area contributed by atoms with Crippen molar-refractivity contribution in [3.8, 4) is 0 Å². The molecule has 118 valence electrons. The highest BCUT2D eigenvalue weighted by molar-refractivity contribution is 5.25. The van der Waals surface area contributed by atoms with E-state index in [-0.39, 0.29) is 6.04 Å². The monoisotopic (exact) mass is 288 g/mol. The predicted molar refractivity (Wildman–Crippen MR) is 91.4 cm³/mol. The Morgan fingerprint density at radius 2 is 1.90 bits per heavy atom. The minimum atomic E-state index is 0.204. The molecule has 4 atom stereocenters. The molecule has 2 heteroatoms. The number of hydrogen-bond acceptors (Lipinski definition) is 2. The Bertz CT molecular complexity index is 426. The van der Waals surface area contributed by atoms with E-state index in [0.29, 0.717) is 12.1 Å². The molecule has 2 N–H and O–H groups in total. The summed E-state index contributed by atoms with van der Waals surface area (Å²) in [4.78, 5) is 2.56. The summed E-state index contributed by atoms with van der Waals surface area (Å²) in [7, 11) is 2.28. The first-order valence-electron chi connectivity index (χ1n) is 8.57. The Morgan fingerprint density at radius 3 is 2.48 bits per heavy atom. The Morgan fingerprint density at radius 1 is 1.24 bits per heavy atom. The first kappa shape index (κ1) is 16.5. The molecular formula is C19H32N2. The molecule has 1 aliphatic carbocycles. The van der Waals surface area contributed by atoms with Crippen molar-refractivity contribution >= 4 is 0 Å². The van der Waals surface area contributed by atoms with Crippen LogP contribution in [-0.4, -0.2) is 24.0 Å². The number of rotatable bonds is 5. The first-order valence-corrected chi connectivity index (χ1v) is 8.57. The maximum absolute atomic E-state index is 6.49. The lowest BCUT2D eigenvalue weighted by atomic mass is 9.84. The minimum absolute atomic E-state index is 0.204. The van der Waals surface area contributed by atoms with E-state index in [9.17, 15) is 0 Å². The fourth-order valence-corrected chi connectivity index (χ4v) is 3.77. The van der Waals surface area contributed by atoms with Crippen LogP contribution in [0.1, 0.15) is 63.1 Å². The van der Waals surface area contributed by atoms with Crippen molar-refractivity contribution < 1.29 is 0 Å². The molecule has 2 nitrogen and oxygen atoms in total. The highest BCUT2D eigenvalue weighted by Gasteiger charge is 2.30. The molecule has 0 aromatic heterocycles. The van der Waals surface area contributed by atoms with E-state index >= 15 is 0 Å². The number of benzene rings is 1. The lowest BCUT2D eigenvalue weighted by molar-refractivity contribution is 0.102. The third-order valence-electron chi connectivity index (χ3n) is 5.22. The Balaban J connectivity index is 2.20. The van der Waals surface area contributed by atoms with E-state index in [1.54, 1.807) is 0 Å². The fourth-order valence-electron chi connectivity index (χ4n) is 3.77. The van der Waals surface area contributed by atoms with Crippen LogP contribution < -0.4 is 5.73 Å². The highest BCUT2D eigenvalue weighted by atomic mass is 15.2. The summed E-state index contributed by atoms with van der Waals surface area (Å²) in [5.74, 6) is 0.850. The molecular weight excluding hydrogens is 256 g/mol. The lowest BCUT2D eigenvalue weighted by Gasteiger charge is -2.41. The van der Waals surface area contributed by atoms with Gasteiger partial charge in [0.25, 0.3) is 0 Å². The van der Waals surface area contributed by atoms with Crippen LogP contribution in [0.2, 0.25) is 0 Å². The zero-order valence-electron chi connectivity index (χ0n) is 14.2. The molecule has 4 unspecified atom stereocenters. The van der Waals surface area contributed by atoms with Gasteiger partial charge in [-0.3, -0.25) is 4.90 Å². The summed E-state index contributed by atoms with van der Waals surface area (Å²) in [6, 6.07) is 10.2. The predicted octanol–water partition coefficient (Wildman–Crippen LogP) is 4.28. The molecule has 0 bridgehead atoms. The van der Waals surface area contributed by atoms with Gasteiger partial charge in [0, 0.05) is 18.1 Å². The smallest absolute Gasteiger partial charge is 0.0498 e. The molecule has 0 heterocycles. The van der Waals surface area contributed by atoms with Gasteiger partial charge in [-0.1, -0.05) is 56.5 Å². The maximum Gasteiger partial charge on any atom is 0.0498 e. The Hall–Kier alpha value is -0.860. The van der Waals surface area contributed by atoms with E-state index in [0.717, 1.165) is 12.3 Å². The van der Waals surface area contributed by atoms with Crippen molar-refractivity contribution in [1.82, 2.24) is 4.90 Å². The third-order valence-corrected chi connectivity index (χ3v) is 5.22. The number of nitrogens with two attached hydrogens (primary N) is 1. The van der Waals surface area contributed by atoms with Gasteiger partial charge in [0.1, 0.15) is 0 Å².